The first-order valence-corrected chi connectivity index (χ1v) is 8.46. The maximum absolute atomic E-state index is 13.2. The molecule has 3 aromatic rings. The lowest BCUT2D eigenvalue weighted by Gasteiger charge is -2.40. The van der Waals surface area contributed by atoms with Gasteiger partial charge in [0.05, 0.1) is 6.04 Å². The van der Waals surface area contributed by atoms with E-state index in [2.05, 4.69) is 4.98 Å². The van der Waals surface area contributed by atoms with Gasteiger partial charge in [0, 0.05) is 24.0 Å². The predicted molar refractivity (Wildman–Crippen MR) is 96.7 cm³/mol. The summed E-state index contributed by atoms with van der Waals surface area (Å²) in [5.74, 6) is -1.92. The van der Waals surface area contributed by atoms with E-state index in [-0.39, 0.29) is 5.91 Å². The van der Waals surface area contributed by atoms with Crippen LogP contribution >= 0.6 is 0 Å². The molecule has 130 valence electrons. The van der Waals surface area contributed by atoms with Gasteiger partial charge in [0.25, 0.3) is 5.91 Å². The molecule has 0 radical (unpaired) electrons. The van der Waals surface area contributed by atoms with Crippen molar-refractivity contribution in [3.05, 3.63) is 95.3 Å². The van der Waals surface area contributed by atoms with Crippen molar-refractivity contribution in [2.75, 3.05) is 0 Å². The highest BCUT2D eigenvalue weighted by molar-refractivity contribution is 6.00. The minimum Gasteiger partial charge on any atom is -0.481 e. The summed E-state index contributed by atoms with van der Waals surface area (Å²) < 4.78 is 0. The van der Waals surface area contributed by atoms with Gasteiger partial charge in [0.15, 0.2) is 0 Å². The molecular formula is C21H18N2O3. The zero-order chi connectivity index (χ0) is 18.1. The summed E-state index contributed by atoms with van der Waals surface area (Å²) in [4.78, 5) is 30.1. The van der Waals surface area contributed by atoms with Crippen molar-refractivity contribution in [3.63, 3.8) is 0 Å². The first-order valence-electron chi connectivity index (χ1n) is 8.46. The fourth-order valence-electron chi connectivity index (χ4n) is 3.69. The molecule has 1 amide bonds. The number of amides is 1. The number of aliphatic carboxylic acids is 1. The number of benzene rings is 2. The quantitative estimate of drug-likeness (QED) is 0.758. The lowest BCUT2D eigenvalue weighted by Crippen LogP contribution is -2.44. The van der Waals surface area contributed by atoms with Gasteiger partial charge in [-0.05, 0) is 29.3 Å². The van der Waals surface area contributed by atoms with E-state index in [0.717, 1.165) is 11.3 Å². The Morgan fingerprint density at radius 2 is 1.73 bits per heavy atom. The molecule has 0 saturated carbocycles. The number of hydrogen-bond donors (Lipinski definition) is 2. The van der Waals surface area contributed by atoms with Crippen LogP contribution in [0.25, 0.3) is 0 Å². The first kappa shape index (κ1) is 16.1. The van der Waals surface area contributed by atoms with Gasteiger partial charge in [-0.3, -0.25) is 9.59 Å². The number of nitrogens with one attached hydrogen (secondary N) is 1. The maximum Gasteiger partial charge on any atom is 0.313 e. The third-order valence-electron chi connectivity index (χ3n) is 4.84. The molecule has 4 rings (SSSR count). The summed E-state index contributed by atoms with van der Waals surface area (Å²) >= 11 is 0. The topological polar surface area (TPSA) is 73.4 Å². The molecule has 0 spiro atoms. The highest BCUT2D eigenvalue weighted by Crippen LogP contribution is 2.42. The molecule has 1 aliphatic heterocycles. The van der Waals surface area contributed by atoms with E-state index in [4.69, 9.17) is 0 Å². The SMILES string of the molecule is O=C(O)C1c2ccccc2C(=O)N(Cc2ccccc2)C1c1ccc[nH]1. The number of carboxylic acid groups (broad SMARTS) is 1. The van der Waals surface area contributed by atoms with Gasteiger partial charge in [0.2, 0.25) is 0 Å². The van der Waals surface area contributed by atoms with Crippen molar-refractivity contribution in [3.8, 4) is 0 Å². The van der Waals surface area contributed by atoms with Crippen molar-refractivity contribution in [2.24, 2.45) is 0 Å². The molecular weight excluding hydrogens is 328 g/mol. The van der Waals surface area contributed by atoms with E-state index in [1.54, 1.807) is 35.4 Å². The first-order chi connectivity index (χ1) is 12.7. The summed E-state index contributed by atoms with van der Waals surface area (Å²) in [5.41, 5.74) is 2.70. The van der Waals surface area contributed by atoms with E-state index in [0.29, 0.717) is 17.7 Å². The molecule has 0 aliphatic carbocycles. The van der Waals surface area contributed by atoms with Crippen molar-refractivity contribution < 1.29 is 14.7 Å². The summed E-state index contributed by atoms with van der Waals surface area (Å²) in [5, 5.41) is 9.97. The highest BCUT2D eigenvalue weighted by atomic mass is 16.4. The number of rotatable bonds is 4. The number of aromatic amines is 1. The largest absolute Gasteiger partial charge is 0.481 e. The minimum absolute atomic E-state index is 0.151. The average molecular weight is 346 g/mol. The van der Waals surface area contributed by atoms with E-state index >= 15 is 0 Å². The Morgan fingerprint density at radius 3 is 2.42 bits per heavy atom. The summed E-state index contributed by atoms with van der Waals surface area (Å²) in [6, 6.07) is 19.7. The molecule has 5 nitrogen and oxygen atoms in total. The molecule has 0 saturated heterocycles. The van der Waals surface area contributed by atoms with Gasteiger partial charge in [-0.1, -0.05) is 48.5 Å². The summed E-state index contributed by atoms with van der Waals surface area (Å²) in [7, 11) is 0. The van der Waals surface area contributed by atoms with Crippen LogP contribution in [0.5, 0.6) is 0 Å². The Kier molecular flexibility index (Phi) is 4.05. The van der Waals surface area contributed by atoms with Gasteiger partial charge in [0.1, 0.15) is 5.92 Å². The van der Waals surface area contributed by atoms with Gasteiger partial charge in [-0.2, -0.15) is 0 Å². The van der Waals surface area contributed by atoms with Crippen LogP contribution in [0.1, 0.15) is 39.1 Å². The Bertz CT molecular complexity index is 935. The van der Waals surface area contributed by atoms with Crippen LogP contribution in [-0.2, 0) is 11.3 Å². The summed E-state index contributed by atoms with van der Waals surface area (Å²) in [6.07, 6.45) is 1.75. The Hall–Kier alpha value is -3.34. The van der Waals surface area contributed by atoms with E-state index in [1.807, 2.05) is 42.5 Å². The molecule has 0 fully saturated rings. The van der Waals surface area contributed by atoms with Gasteiger partial charge < -0.3 is 15.0 Å². The minimum atomic E-state index is -0.942. The van der Waals surface area contributed by atoms with Crippen LogP contribution in [0.4, 0.5) is 0 Å². The standard InChI is InChI=1S/C21H18N2O3/c24-20-16-10-5-4-9-15(16)18(21(25)26)19(17-11-6-12-22-17)23(20)13-14-7-2-1-3-8-14/h1-12,18-19,22H,13H2,(H,25,26). The molecule has 2 aromatic carbocycles. The van der Waals surface area contributed by atoms with E-state index < -0.39 is 17.9 Å². The van der Waals surface area contributed by atoms with Crippen molar-refractivity contribution in [1.82, 2.24) is 9.88 Å². The third kappa shape index (κ3) is 2.67. The molecule has 2 atom stereocenters. The smallest absolute Gasteiger partial charge is 0.313 e. The van der Waals surface area contributed by atoms with Crippen molar-refractivity contribution in [2.45, 2.75) is 18.5 Å². The molecule has 26 heavy (non-hydrogen) atoms. The van der Waals surface area contributed by atoms with Crippen LogP contribution in [0, 0.1) is 0 Å². The van der Waals surface area contributed by atoms with E-state index in [1.165, 1.54) is 0 Å². The van der Waals surface area contributed by atoms with Gasteiger partial charge in [-0.15, -0.1) is 0 Å². The zero-order valence-corrected chi connectivity index (χ0v) is 14.0. The molecule has 2 unspecified atom stereocenters. The maximum atomic E-state index is 13.2. The number of aromatic nitrogens is 1. The third-order valence-corrected chi connectivity index (χ3v) is 4.84. The lowest BCUT2D eigenvalue weighted by molar-refractivity contribution is -0.140. The van der Waals surface area contributed by atoms with Crippen LogP contribution in [0.2, 0.25) is 0 Å². The Morgan fingerprint density at radius 1 is 1.00 bits per heavy atom. The fourth-order valence-corrected chi connectivity index (χ4v) is 3.69. The van der Waals surface area contributed by atoms with Gasteiger partial charge >= 0.3 is 5.97 Å². The lowest BCUT2D eigenvalue weighted by atomic mass is 9.81. The second-order valence-electron chi connectivity index (χ2n) is 6.39. The fraction of sp³-hybridized carbons (Fsp3) is 0.143. The highest BCUT2D eigenvalue weighted by Gasteiger charge is 2.44. The van der Waals surface area contributed by atoms with Crippen molar-refractivity contribution >= 4 is 11.9 Å². The number of H-pyrrole nitrogens is 1. The second kappa shape index (κ2) is 6.52. The second-order valence-corrected chi connectivity index (χ2v) is 6.39. The number of carbonyl (C=O) groups excluding carboxylic acids is 1. The Balaban J connectivity index is 1.87. The number of hydrogen-bond acceptors (Lipinski definition) is 2. The summed E-state index contributed by atoms with van der Waals surface area (Å²) in [6.45, 7) is 0.349. The number of carbonyl (C=O) groups is 2. The molecule has 0 bridgehead atoms. The normalized spacial score (nSPS) is 19.2. The zero-order valence-electron chi connectivity index (χ0n) is 14.0. The Labute approximate surface area is 150 Å². The number of carboxylic acids is 1. The number of nitrogens with zero attached hydrogens (tertiary/aromatic N) is 1. The van der Waals surface area contributed by atoms with E-state index in [9.17, 15) is 14.7 Å². The van der Waals surface area contributed by atoms with Crippen LogP contribution < -0.4 is 0 Å². The molecule has 2 N–H and O–H groups in total. The number of fused-ring (bicyclic) bond motifs is 1. The predicted octanol–water partition coefficient (Wildman–Crippen LogP) is 3.58. The average Bonchev–Trinajstić information content (AvgIpc) is 3.18. The van der Waals surface area contributed by atoms with Crippen LogP contribution in [-0.4, -0.2) is 26.9 Å². The molecule has 1 aliphatic rings. The van der Waals surface area contributed by atoms with Gasteiger partial charge in [-0.25, -0.2) is 0 Å². The van der Waals surface area contributed by atoms with Crippen LogP contribution in [0.15, 0.2) is 72.9 Å². The molecule has 5 heteroatoms. The molecule has 2 heterocycles. The van der Waals surface area contributed by atoms with Crippen LogP contribution in [0.3, 0.4) is 0 Å². The monoisotopic (exact) mass is 346 g/mol. The molecule has 1 aromatic heterocycles. The van der Waals surface area contributed by atoms with Crippen molar-refractivity contribution in [1.29, 1.82) is 0 Å².